The lowest BCUT2D eigenvalue weighted by atomic mass is 9.97. The molecule has 0 amide bonds. The summed E-state index contributed by atoms with van der Waals surface area (Å²) >= 11 is 0. The van der Waals surface area contributed by atoms with Crippen LogP contribution in [0.2, 0.25) is 0 Å². The van der Waals surface area contributed by atoms with Crippen LogP contribution in [0.5, 0.6) is 0 Å². The van der Waals surface area contributed by atoms with Crippen LogP contribution in [0.1, 0.15) is 30.1 Å². The van der Waals surface area contributed by atoms with Crippen LogP contribution in [0, 0.1) is 6.92 Å². The van der Waals surface area contributed by atoms with Crippen LogP contribution in [0.15, 0.2) is 59.8 Å². The van der Waals surface area contributed by atoms with Crippen LogP contribution in [0.3, 0.4) is 0 Å². The van der Waals surface area contributed by atoms with Gasteiger partial charge in [0.2, 0.25) is 10.0 Å². The zero-order valence-corrected chi connectivity index (χ0v) is 16.9. The normalized spacial score (nSPS) is 16.6. The Kier molecular flexibility index (Phi) is 4.33. The van der Waals surface area contributed by atoms with Crippen molar-refractivity contribution in [2.45, 2.75) is 30.6 Å². The average molecular weight is 407 g/mol. The molecule has 8 heteroatoms. The van der Waals surface area contributed by atoms with Crippen molar-refractivity contribution in [2.75, 3.05) is 13.1 Å². The number of piperidine rings is 1. The lowest BCUT2D eigenvalue weighted by Gasteiger charge is -2.30. The highest BCUT2D eigenvalue weighted by Gasteiger charge is 2.32. The molecule has 7 nitrogen and oxygen atoms in total. The molecule has 4 aromatic rings. The maximum Gasteiger partial charge on any atom is 0.243 e. The number of benzene rings is 1. The van der Waals surface area contributed by atoms with Gasteiger partial charge in [0.25, 0.3) is 0 Å². The molecule has 29 heavy (non-hydrogen) atoms. The fourth-order valence-corrected chi connectivity index (χ4v) is 5.80. The molecule has 3 aromatic heterocycles. The lowest BCUT2D eigenvalue weighted by Crippen LogP contribution is -2.38. The van der Waals surface area contributed by atoms with Gasteiger partial charge in [-0.25, -0.2) is 8.42 Å². The van der Waals surface area contributed by atoms with Crippen molar-refractivity contribution in [1.29, 1.82) is 0 Å². The fraction of sp³-hybridized carbons (Fsp3) is 0.286. The fourth-order valence-electron chi connectivity index (χ4n) is 4.14. The van der Waals surface area contributed by atoms with Gasteiger partial charge in [-0.3, -0.25) is 9.38 Å². The summed E-state index contributed by atoms with van der Waals surface area (Å²) in [5, 5.41) is 9.26. The van der Waals surface area contributed by atoms with E-state index in [1.165, 1.54) is 0 Å². The third kappa shape index (κ3) is 2.99. The molecule has 1 aromatic carbocycles. The van der Waals surface area contributed by atoms with Gasteiger partial charge in [0.15, 0.2) is 5.65 Å². The summed E-state index contributed by atoms with van der Waals surface area (Å²) in [6, 6.07) is 13.0. The van der Waals surface area contributed by atoms with Gasteiger partial charge in [0.05, 0.1) is 10.4 Å². The Balaban J connectivity index is 1.43. The van der Waals surface area contributed by atoms with Crippen molar-refractivity contribution >= 4 is 26.6 Å². The summed E-state index contributed by atoms with van der Waals surface area (Å²) in [6.07, 6.45) is 5.09. The SMILES string of the molecule is Cc1ccc(S(=O)(=O)N2CCC(c3nnc4ccccn34)CC2)c2cccnc12. The molecule has 0 saturated carbocycles. The summed E-state index contributed by atoms with van der Waals surface area (Å²) in [7, 11) is -3.59. The van der Waals surface area contributed by atoms with Gasteiger partial charge in [-0.1, -0.05) is 12.1 Å². The number of hydrogen-bond acceptors (Lipinski definition) is 5. The van der Waals surface area contributed by atoms with E-state index in [1.54, 1.807) is 22.6 Å². The highest BCUT2D eigenvalue weighted by molar-refractivity contribution is 7.89. The van der Waals surface area contributed by atoms with E-state index in [9.17, 15) is 8.42 Å². The average Bonchev–Trinajstić information content (AvgIpc) is 3.18. The number of nitrogens with zero attached hydrogens (tertiary/aromatic N) is 5. The first-order valence-corrected chi connectivity index (χ1v) is 11.1. The molecule has 1 fully saturated rings. The zero-order valence-electron chi connectivity index (χ0n) is 16.1. The van der Waals surface area contributed by atoms with Gasteiger partial charge >= 0.3 is 0 Å². The van der Waals surface area contributed by atoms with Crippen molar-refractivity contribution in [2.24, 2.45) is 0 Å². The number of aryl methyl sites for hydroxylation is 1. The number of pyridine rings is 2. The molecule has 0 N–H and O–H groups in total. The molecular formula is C21H21N5O2S. The maximum absolute atomic E-state index is 13.4. The molecule has 0 aliphatic carbocycles. The maximum atomic E-state index is 13.4. The van der Waals surface area contributed by atoms with E-state index in [0.717, 1.165) is 35.4 Å². The van der Waals surface area contributed by atoms with E-state index in [4.69, 9.17) is 0 Å². The van der Waals surface area contributed by atoms with Crippen molar-refractivity contribution in [3.63, 3.8) is 0 Å². The quantitative estimate of drug-likeness (QED) is 0.521. The van der Waals surface area contributed by atoms with Gasteiger partial charge in [-0.2, -0.15) is 4.31 Å². The van der Waals surface area contributed by atoms with Crippen LogP contribution in [-0.2, 0) is 10.0 Å². The van der Waals surface area contributed by atoms with Crippen molar-refractivity contribution < 1.29 is 8.42 Å². The van der Waals surface area contributed by atoms with E-state index < -0.39 is 10.0 Å². The van der Waals surface area contributed by atoms with E-state index in [2.05, 4.69) is 15.2 Å². The Morgan fingerprint density at radius 1 is 1.00 bits per heavy atom. The minimum Gasteiger partial charge on any atom is -0.286 e. The van der Waals surface area contributed by atoms with Crippen LogP contribution in [0.25, 0.3) is 16.6 Å². The van der Waals surface area contributed by atoms with E-state index in [1.807, 2.05) is 47.9 Å². The summed E-state index contributed by atoms with van der Waals surface area (Å²) < 4.78 is 30.3. The number of rotatable bonds is 3. The molecule has 148 valence electrons. The number of fused-ring (bicyclic) bond motifs is 2. The second-order valence-corrected chi connectivity index (χ2v) is 9.35. The summed E-state index contributed by atoms with van der Waals surface area (Å²) in [5.74, 6) is 1.10. The first-order valence-electron chi connectivity index (χ1n) is 9.70. The van der Waals surface area contributed by atoms with Gasteiger partial charge < -0.3 is 0 Å². The highest BCUT2D eigenvalue weighted by atomic mass is 32.2. The smallest absolute Gasteiger partial charge is 0.243 e. The summed E-state index contributed by atoms with van der Waals surface area (Å²) in [4.78, 5) is 4.70. The molecule has 4 heterocycles. The Bertz CT molecular complexity index is 1310. The topological polar surface area (TPSA) is 80.5 Å². The Morgan fingerprint density at radius 3 is 2.66 bits per heavy atom. The predicted octanol–water partition coefficient (Wildman–Crippen LogP) is 3.15. The van der Waals surface area contributed by atoms with Crippen LogP contribution in [0.4, 0.5) is 0 Å². The van der Waals surface area contributed by atoms with Crippen LogP contribution in [-0.4, -0.2) is 45.4 Å². The molecule has 0 spiro atoms. The first-order chi connectivity index (χ1) is 14.1. The van der Waals surface area contributed by atoms with Crippen molar-refractivity contribution in [3.8, 4) is 0 Å². The van der Waals surface area contributed by atoms with Gasteiger partial charge in [0.1, 0.15) is 5.82 Å². The third-order valence-corrected chi connectivity index (χ3v) is 7.67. The Hall–Kier alpha value is -2.84. The Labute approximate surface area is 169 Å². The molecule has 1 saturated heterocycles. The lowest BCUT2D eigenvalue weighted by molar-refractivity contribution is 0.313. The molecular weight excluding hydrogens is 386 g/mol. The minimum atomic E-state index is -3.59. The summed E-state index contributed by atoms with van der Waals surface area (Å²) in [5.41, 5.74) is 2.52. The largest absolute Gasteiger partial charge is 0.286 e. The standard InChI is InChI=1S/C21H21N5O2S/c1-15-7-8-18(17-5-4-11-22-20(15)17)29(27,28)25-13-9-16(10-14-25)21-24-23-19-6-2-3-12-26(19)21/h2-8,11-12,16H,9-10,13-14H2,1H3. The van der Waals surface area contributed by atoms with Crippen LogP contribution < -0.4 is 0 Å². The van der Waals surface area contributed by atoms with E-state index in [0.29, 0.717) is 23.4 Å². The number of hydrogen-bond donors (Lipinski definition) is 0. The molecule has 1 aliphatic heterocycles. The highest BCUT2D eigenvalue weighted by Crippen LogP contribution is 2.32. The minimum absolute atomic E-state index is 0.190. The predicted molar refractivity (Wildman–Crippen MR) is 110 cm³/mol. The second kappa shape index (κ2) is 6.89. The van der Waals surface area contributed by atoms with Crippen LogP contribution >= 0.6 is 0 Å². The molecule has 0 radical (unpaired) electrons. The first kappa shape index (κ1) is 18.2. The number of sulfonamides is 1. The van der Waals surface area contributed by atoms with Gasteiger partial charge in [0, 0.05) is 36.8 Å². The van der Waals surface area contributed by atoms with Crippen molar-refractivity contribution in [3.05, 3.63) is 66.2 Å². The number of aromatic nitrogens is 4. The third-order valence-electron chi connectivity index (χ3n) is 5.71. The summed E-state index contributed by atoms with van der Waals surface area (Å²) in [6.45, 7) is 2.87. The molecule has 0 atom stereocenters. The zero-order chi connectivity index (χ0) is 20.0. The molecule has 1 aliphatic rings. The molecule has 0 unspecified atom stereocenters. The van der Waals surface area contributed by atoms with Crippen molar-refractivity contribution in [1.82, 2.24) is 23.9 Å². The van der Waals surface area contributed by atoms with Gasteiger partial charge in [-0.15, -0.1) is 10.2 Å². The monoisotopic (exact) mass is 407 g/mol. The van der Waals surface area contributed by atoms with E-state index >= 15 is 0 Å². The molecule has 0 bridgehead atoms. The molecule has 5 rings (SSSR count). The van der Waals surface area contributed by atoms with Gasteiger partial charge in [-0.05, 0) is 55.7 Å². The van der Waals surface area contributed by atoms with E-state index in [-0.39, 0.29) is 5.92 Å². The second-order valence-electron chi connectivity index (χ2n) is 7.45. The Morgan fingerprint density at radius 2 is 1.83 bits per heavy atom.